The van der Waals surface area contributed by atoms with Crippen molar-refractivity contribution in [1.82, 2.24) is 0 Å². The van der Waals surface area contributed by atoms with Crippen molar-refractivity contribution in [3.05, 3.63) is 66.2 Å². The number of carboxylic acid groups (broad SMARTS) is 1. The van der Waals surface area contributed by atoms with Crippen molar-refractivity contribution < 1.29 is 9.90 Å². The maximum atomic E-state index is 10.9. The maximum absolute atomic E-state index is 10.9. The van der Waals surface area contributed by atoms with Crippen LogP contribution < -0.4 is 4.90 Å². The highest BCUT2D eigenvalue weighted by Crippen LogP contribution is 2.19. The van der Waals surface area contributed by atoms with E-state index in [0.717, 1.165) is 12.1 Å². The number of hydrogen-bond acceptors (Lipinski definition) is 2. The molecule has 0 aliphatic carbocycles. The Kier molecular flexibility index (Phi) is 5.38. The van der Waals surface area contributed by atoms with Crippen LogP contribution in [0.4, 0.5) is 5.69 Å². The first kappa shape index (κ1) is 15.1. The number of carboxylic acids is 1. The van der Waals surface area contributed by atoms with E-state index < -0.39 is 5.97 Å². The van der Waals surface area contributed by atoms with Crippen molar-refractivity contribution in [2.45, 2.75) is 25.8 Å². The summed E-state index contributed by atoms with van der Waals surface area (Å²) in [5.41, 5.74) is 2.34. The van der Waals surface area contributed by atoms with E-state index in [0.29, 0.717) is 6.54 Å². The predicted molar refractivity (Wildman–Crippen MR) is 85.6 cm³/mol. The number of hydrogen-bond donors (Lipinski definition) is 1. The van der Waals surface area contributed by atoms with Crippen LogP contribution in [0.3, 0.4) is 0 Å². The molecule has 0 aliphatic rings. The van der Waals surface area contributed by atoms with Gasteiger partial charge >= 0.3 is 5.97 Å². The molecule has 0 spiro atoms. The molecule has 2 aromatic carbocycles. The van der Waals surface area contributed by atoms with Gasteiger partial charge in [0.15, 0.2) is 0 Å². The number of para-hydroxylation sites is 1. The molecule has 0 aromatic heterocycles. The Morgan fingerprint density at radius 3 is 2.19 bits per heavy atom. The highest BCUT2D eigenvalue weighted by Gasteiger charge is 2.16. The molecule has 21 heavy (non-hydrogen) atoms. The lowest BCUT2D eigenvalue weighted by atomic mass is 10.0. The molecule has 1 atom stereocenters. The molecular weight excluding hydrogens is 262 g/mol. The Morgan fingerprint density at radius 2 is 1.62 bits per heavy atom. The lowest BCUT2D eigenvalue weighted by Crippen LogP contribution is -2.36. The molecule has 1 N–H and O–H groups in total. The number of aliphatic carboxylic acids is 1. The Labute approximate surface area is 125 Å². The fourth-order valence-corrected chi connectivity index (χ4v) is 2.50. The minimum atomic E-state index is -0.761. The minimum Gasteiger partial charge on any atom is -0.481 e. The number of carbonyl (C=O) groups is 1. The Morgan fingerprint density at radius 1 is 1.05 bits per heavy atom. The second kappa shape index (κ2) is 7.48. The molecule has 3 nitrogen and oxygen atoms in total. The molecule has 2 aromatic rings. The second-order valence-electron chi connectivity index (χ2n) is 5.21. The van der Waals surface area contributed by atoms with Crippen molar-refractivity contribution in [1.29, 1.82) is 0 Å². The van der Waals surface area contributed by atoms with Gasteiger partial charge in [-0.15, -0.1) is 0 Å². The first-order valence-corrected chi connectivity index (χ1v) is 7.24. The molecule has 2 rings (SSSR count). The maximum Gasteiger partial charge on any atom is 0.305 e. The van der Waals surface area contributed by atoms with Gasteiger partial charge in [-0.1, -0.05) is 48.5 Å². The van der Waals surface area contributed by atoms with Crippen LogP contribution >= 0.6 is 0 Å². The molecular formula is C18H21NO2. The van der Waals surface area contributed by atoms with Gasteiger partial charge in [0.05, 0.1) is 6.42 Å². The van der Waals surface area contributed by atoms with Gasteiger partial charge in [-0.05, 0) is 31.0 Å². The summed E-state index contributed by atoms with van der Waals surface area (Å²) in [6.45, 7) is 2.66. The average Bonchev–Trinajstić information content (AvgIpc) is 2.49. The monoisotopic (exact) mass is 283 g/mol. The van der Waals surface area contributed by atoms with Gasteiger partial charge in [-0.2, -0.15) is 0 Å². The van der Waals surface area contributed by atoms with Gasteiger partial charge in [0.1, 0.15) is 0 Å². The molecule has 0 aliphatic heterocycles. The van der Waals surface area contributed by atoms with E-state index in [9.17, 15) is 4.79 Å². The summed E-state index contributed by atoms with van der Waals surface area (Å²) in [5.74, 6) is -0.761. The molecule has 3 heteroatoms. The van der Waals surface area contributed by atoms with Crippen molar-refractivity contribution in [3.8, 4) is 0 Å². The smallest absolute Gasteiger partial charge is 0.305 e. The standard InChI is InChI=1S/C18H21NO2/c1-15(14-16-8-4-2-5-9-16)19(13-12-18(20)21)17-10-6-3-7-11-17/h2-11,15H,12-14H2,1H3,(H,20,21). The summed E-state index contributed by atoms with van der Waals surface area (Å²) in [4.78, 5) is 13.1. The summed E-state index contributed by atoms with van der Waals surface area (Å²) < 4.78 is 0. The van der Waals surface area contributed by atoms with Crippen molar-refractivity contribution in [2.75, 3.05) is 11.4 Å². The zero-order valence-corrected chi connectivity index (χ0v) is 12.3. The Hall–Kier alpha value is -2.29. The highest BCUT2D eigenvalue weighted by atomic mass is 16.4. The highest BCUT2D eigenvalue weighted by molar-refractivity contribution is 5.67. The fraction of sp³-hybridized carbons (Fsp3) is 0.278. The van der Waals surface area contributed by atoms with E-state index in [-0.39, 0.29) is 12.5 Å². The first-order chi connectivity index (χ1) is 10.2. The van der Waals surface area contributed by atoms with E-state index in [1.54, 1.807) is 0 Å². The van der Waals surface area contributed by atoms with E-state index in [4.69, 9.17) is 5.11 Å². The molecule has 0 saturated heterocycles. The zero-order valence-electron chi connectivity index (χ0n) is 12.3. The van der Waals surface area contributed by atoms with Gasteiger partial charge in [0, 0.05) is 18.3 Å². The van der Waals surface area contributed by atoms with Crippen molar-refractivity contribution >= 4 is 11.7 Å². The van der Waals surface area contributed by atoms with Gasteiger partial charge in [0.25, 0.3) is 0 Å². The predicted octanol–water partition coefficient (Wildman–Crippen LogP) is 3.60. The first-order valence-electron chi connectivity index (χ1n) is 7.24. The quantitative estimate of drug-likeness (QED) is 0.844. The molecule has 0 fully saturated rings. The molecule has 0 radical (unpaired) electrons. The number of anilines is 1. The van der Waals surface area contributed by atoms with Crippen LogP contribution in [0.15, 0.2) is 60.7 Å². The van der Waals surface area contributed by atoms with Gasteiger partial charge in [0.2, 0.25) is 0 Å². The normalized spacial score (nSPS) is 11.9. The summed E-state index contributed by atoms with van der Waals surface area (Å²) in [6, 6.07) is 20.5. The zero-order chi connectivity index (χ0) is 15.1. The fourth-order valence-electron chi connectivity index (χ4n) is 2.50. The van der Waals surface area contributed by atoms with Gasteiger partial charge in [-0.3, -0.25) is 4.79 Å². The average molecular weight is 283 g/mol. The Balaban J connectivity index is 2.12. The van der Waals surface area contributed by atoms with E-state index >= 15 is 0 Å². The molecule has 0 bridgehead atoms. The third kappa shape index (κ3) is 4.63. The SMILES string of the molecule is CC(Cc1ccccc1)N(CCC(=O)O)c1ccccc1. The van der Waals surface area contributed by atoms with Crippen LogP contribution in [0, 0.1) is 0 Å². The van der Waals surface area contributed by atoms with Crippen LogP contribution in [0.2, 0.25) is 0 Å². The van der Waals surface area contributed by atoms with Crippen LogP contribution in [0.5, 0.6) is 0 Å². The summed E-state index contributed by atoms with van der Waals surface area (Å²) in [5, 5.41) is 8.95. The lowest BCUT2D eigenvalue weighted by Gasteiger charge is -2.31. The molecule has 0 heterocycles. The van der Waals surface area contributed by atoms with E-state index in [1.807, 2.05) is 48.5 Å². The summed E-state index contributed by atoms with van der Waals surface area (Å²) >= 11 is 0. The van der Waals surface area contributed by atoms with Crippen LogP contribution in [0.1, 0.15) is 18.9 Å². The van der Waals surface area contributed by atoms with Crippen LogP contribution in [0.25, 0.3) is 0 Å². The van der Waals surface area contributed by atoms with Crippen LogP contribution in [-0.2, 0) is 11.2 Å². The molecule has 1 unspecified atom stereocenters. The second-order valence-corrected chi connectivity index (χ2v) is 5.21. The largest absolute Gasteiger partial charge is 0.481 e. The lowest BCUT2D eigenvalue weighted by molar-refractivity contribution is -0.136. The molecule has 0 amide bonds. The number of rotatable bonds is 7. The Bertz CT molecular complexity index is 554. The van der Waals surface area contributed by atoms with Gasteiger partial charge in [-0.25, -0.2) is 0 Å². The van der Waals surface area contributed by atoms with Crippen molar-refractivity contribution in [2.24, 2.45) is 0 Å². The number of nitrogens with zero attached hydrogens (tertiary/aromatic N) is 1. The third-order valence-electron chi connectivity index (χ3n) is 3.56. The van der Waals surface area contributed by atoms with E-state index in [2.05, 4.69) is 24.0 Å². The summed E-state index contributed by atoms with van der Waals surface area (Å²) in [7, 11) is 0. The molecule has 0 saturated carbocycles. The third-order valence-corrected chi connectivity index (χ3v) is 3.56. The topological polar surface area (TPSA) is 40.5 Å². The number of benzene rings is 2. The minimum absolute atomic E-state index is 0.147. The van der Waals surface area contributed by atoms with Gasteiger partial charge < -0.3 is 10.0 Å². The van der Waals surface area contributed by atoms with Crippen molar-refractivity contribution in [3.63, 3.8) is 0 Å². The van der Waals surface area contributed by atoms with Crippen LogP contribution in [-0.4, -0.2) is 23.7 Å². The van der Waals surface area contributed by atoms with E-state index in [1.165, 1.54) is 5.56 Å². The summed E-state index contributed by atoms with van der Waals surface area (Å²) in [6.07, 6.45) is 1.05. The molecule has 110 valence electrons.